The van der Waals surface area contributed by atoms with Crippen molar-refractivity contribution in [1.82, 2.24) is 0 Å². The summed E-state index contributed by atoms with van der Waals surface area (Å²) >= 11 is 0. The monoisotopic (exact) mass is 260 g/mol. The molecule has 2 nitrogen and oxygen atoms in total. The molecule has 0 fully saturated rings. The van der Waals surface area contributed by atoms with Crippen LogP contribution in [0.15, 0.2) is 72.8 Å². The molecular formula is C18H12O2. The fourth-order valence-electron chi connectivity index (χ4n) is 2.27. The van der Waals surface area contributed by atoms with Gasteiger partial charge in [0.2, 0.25) is 11.6 Å². The molecule has 0 unspecified atom stereocenters. The van der Waals surface area contributed by atoms with E-state index >= 15 is 0 Å². The highest BCUT2D eigenvalue weighted by Gasteiger charge is 2.19. The Morgan fingerprint density at radius 3 is 2.05 bits per heavy atom. The molecule has 0 atom stereocenters. The van der Waals surface area contributed by atoms with Gasteiger partial charge < -0.3 is 0 Å². The van der Waals surface area contributed by atoms with Gasteiger partial charge in [0, 0.05) is 11.1 Å². The van der Waals surface area contributed by atoms with Crippen molar-refractivity contribution >= 4 is 22.3 Å². The van der Waals surface area contributed by atoms with Gasteiger partial charge in [0.05, 0.1) is 0 Å². The second-order valence-corrected chi connectivity index (χ2v) is 4.55. The van der Waals surface area contributed by atoms with Crippen LogP contribution in [0.1, 0.15) is 20.7 Å². The lowest BCUT2D eigenvalue weighted by Gasteiger charge is -2.05. The second kappa shape index (κ2) is 5.10. The summed E-state index contributed by atoms with van der Waals surface area (Å²) in [5, 5.41) is 1.77. The number of carbonyl (C=O) groups is 2. The quantitative estimate of drug-likeness (QED) is 0.528. The maximum absolute atomic E-state index is 12.4. The smallest absolute Gasteiger partial charge is 0.234 e. The summed E-state index contributed by atoms with van der Waals surface area (Å²) in [7, 11) is 0. The van der Waals surface area contributed by atoms with Crippen molar-refractivity contribution in [2.45, 2.75) is 0 Å². The first kappa shape index (κ1) is 12.3. The van der Waals surface area contributed by atoms with Crippen LogP contribution in [0, 0.1) is 0 Å². The fraction of sp³-hybridized carbons (Fsp3) is 0. The van der Waals surface area contributed by atoms with Crippen molar-refractivity contribution in [2.24, 2.45) is 0 Å². The average molecular weight is 260 g/mol. The summed E-state index contributed by atoms with van der Waals surface area (Å²) in [6.45, 7) is 0. The first-order valence-corrected chi connectivity index (χ1v) is 6.39. The molecule has 0 saturated carbocycles. The van der Waals surface area contributed by atoms with Gasteiger partial charge in [-0.25, -0.2) is 0 Å². The van der Waals surface area contributed by atoms with E-state index in [4.69, 9.17) is 0 Å². The zero-order valence-corrected chi connectivity index (χ0v) is 10.7. The van der Waals surface area contributed by atoms with Crippen LogP contribution in [0.25, 0.3) is 10.8 Å². The highest BCUT2D eigenvalue weighted by atomic mass is 16.2. The van der Waals surface area contributed by atoms with Crippen LogP contribution < -0.4 is 0 Å². The highest BCUT2D eigenvalue weighted by molar-refractivity contribution is 6.50. The van der Waals surface area contributed by atoms with E-state index in [0.717, 1.165) is 10.8 Å². The third kappa shape index (κ3) is 2.12. The molecule has 0 amide bonds. The van der Waals surface area contributed by atoms with E-state index in [1.165, 1.54) is 0 Å². The lowest BCUT2D eigenvalue weighted by atomic mass is 9.96. The molecule has 0 aliphatic carbocycles. The Morgan fingerprint density at radius 2 is 1.25 bits per heavy atom. The number of carbonyl (C=O) groups excluding carboxylic acids is 2. The van der Waals surface area contributed by atoms with Crippen molar-refractivity contribution in [3.05, 3.63) is 83.9 Å². The van der Waals surface area contributed by atoms with Crippen molar-refractivity contribution in [3.8, 4) is 0 Å². The SMILES string of the molecule is O=C(C(=O)c1cccc2ccccc12)c1ccccc1. The molecule has 0 N–H and O–H groups in total. The molecule has 0 aliphatic heterocycles. The zero-order chi connectivity index (χ0) is 13.9. The molecule has 0 heterocycles. The van der Waals surface area contributed by atoms with Crippen LogP contribution in [0.5, 0.6) is 0 Å². The Bertz CT molecular complexity index is 783. The van der Waals surface area contributed by atoms with Crippen LogP contribution in [0.4, 0.5) is 0 Å². The lowest BCUT2D eigenvalue weighted by molar-refractivity contribution is 0.0818. The summed E-state index contributed by atoms with van der Waals surface area (Å²) in [6.07, 6.45) is 0. The molecule has 0 aliphatic rings. The summed E-state index contributed by atoms with van der Waals surface area (Å²) in [6, 6.07) is 21.6. The van der Waals surface area contributed by atoms with Gasteiger partial charge in [-0.1, -0.05) is 72.8 Å². The van der Waals surface area contributed by atoms with E-state index in [2.05, 4.69) is 0 Å². The minimum absolute atomic E-state index is 0.422. The van der Waals surface area contributed by atoms with Crippen LogP contribution in [0.3, 0.4) is 0 Å². The van der Waals surface area contributed by atoms with Crippen molar-refractivity contribution in [3.63, 3.8) is 0 Å². The standard InChI is InChI=1S/C18H12O2/c19-17(14-8-2-1-3-9-14)18(20)16-12-6-10-13-7-4-5-11-15(13)16/h1-12H. The summed E-state index contributed by atoms with van der Waals surface area (Å²) in [5.41, 5.74) is 0.877. The summed E-state index contributed by atoms with van der Waals surface area (Å²) in [4.78, 5) is 24.6. The Balaban J connectivity index is 2.08. The molecule has 96 valence electrons. The van der Waals surface area contributed by atoms with Crippen molar-refractivity contribution in [1.29, 1.82) is 0 Å². The number of rotatable bonds is 3. The predicted molar refractivity (Wildman–Crippen MR) is 79.1 cm³/mol. The van der Waals surface area contributed by atoms with Gasteiger partial charge in [-0.05, 0) is 10.8 Å². The second-order valence-electron chi connectivity index (χ2n) is 4.55. The molecule has 0 bridgehead atoms. The van der Waals surface area contributed by atoms with Crippen LogP contribution in [0.2, 0.25) is 0 Å². The van der Waals surface area contributed by atoms with Gasteiger partial charge in [-0.2, -0.15) is 0 Å². The minimum atomic E-state index is -0.470. The van der Waals surface area contributed by atoms with Gasteiger partial charge in [0.25, 0.3) is 0 Å². The number of Topliss-reactive ketones (excluding diaryl/α,β-unsaturated/α-hetero) is 2. The number of fused-ring (bicyclic) bond motifs is 1. The number of benzene rings is 3. The van der Waals surface area contributed by atoms with Gasteiger partial charge in [-0.15, -0.1) is 0 Å². The number of ketones is 2. The van der Waals surface area contributed by atoms with Gasteiger partial charge in [0.1, 0.15) is 0 Å². The lowest BCUT2D eigenvalue weighted by Crippen LogP contribution is -2.14. The maximum atomic E-state index is 12.4. The van der Waals surface area contributed by atoms with E-state index < -0.39 is 11.6 Å². The molecular weight excluding hydrogens is 248 g/mol. The average Bonchev–Trinajstić information content (AvgIpc) is 2.54. The molecule has 0 aromatic heterocycles. The highest BCUT2D eigenvalue weighted by Crippen LogP contribution is 2.20. The van der Waals surface area contributed by atoms with E-state index in [0.29, 0.717) is 11.1 Å². The van der Waals surface area contributed by atoms with Crippen molar-refractivity contribution < 1.29 is 9.59 Å². The van der Waals surface area contributed by atoms with Crippen LogP contribution >= 0.6 is 0 Å². The molecule has 3 aromatic rings. The van der Waals surface area contributed by atoms with E-state index in [9.17, 15) is 9.59 Å². The first-order chi connectivity index (χ1) is 9.77. The third-order valence-electron chi connectivity index (χ3n) is 3.28. The molecule has 0 radical (unpaired) electrons. The normalized spacial score (nSPS) is 10.4. The number of hydrogen-bond donors (Lipinski definition) is 0. The Labute approximate surface area is 116 Å². The minimum Gasteiger partial charge on any atom is -0.285 e. The van der Waals surface area contributed by atoms with Gasteiger partial charge in [0.15, 0.2) is 0 Å². The summed E-state index contributed by atoms with van der Waals surface area (Å²) < 4.78 is 0. The molecule has 20 heavy (non-hydrogen) atoms. The Kier molecular flexibility index (Phi) is 3.13. The van der Waals surface area contributed by atoms with Crippen molar-refractivity contribution in [2.75, 3.05) is 0 Å². The fourth-order valence-corrected chi connectivity index (χ4v) is 2.27. The largest absolute Gasteiger partial charge is 0.285 e. The van der Waals surface area contributed by atoms with Gasteiger partial charge >= 0.3 is 0 Å². The third-order valence-corrected chi connectivity index (χ3v) is 3.28. The molecule has 3 rings (SSSR count). The Morgan fingerprint density at radius 1 is 0.600 bits per heavy atom. The van der Waals surface area contributed by atoms with E-state index in [1.807, 2.05) is 36.4 Å². The molecule has 0 spiro atoms. The molecule has 2 heteroatoms. The maximum Gasteiger partial charge on any atom is 0.234 e. The van der Waals surface area contributed by atoms with Gasteiger partial charge in [-0.3, -0.25) is 9.59 Å². The zero-order valence-electron chi connectivity index (χ0n) is 10.7. The molecule has 3 aromatic carbocycles. The number of hydrogen-bond acceptors (Lipinski definition) is 2. The van der Waals surface area contributed by atoms with Crippen LogP contribution in [-0.2, 0) is 0 Å². The summed E-state index contributed by atoms with van der Waals surface area (Å²) in [5.74, 6) is -0.935. The predicted octanol–water partition coefficient (Wildman–Crippen LogP) is 3.91. The Hall–Kier alpha value is -2.74. The van der Waals surface area contributed by atoms with Crippen LogP contribution in [-0.4, -0.2) is 11.6 Å². The topological polar surface area (TPSA) is 34.1 Å². The molecule has 0 saturated heterocycles. The van der Waals surface area contributed by atoms with E-state index in [-0.39, 0.29) is 0 Å². The first-order valence-electron chi connectivity index (χ1n) is 6.39. The van der Waals surface area contributed by atoms with E-state index in [1.54, 1.807) is 36.4 Å².